The second-order valence-corrected chi connectivity index (χ2v) is 3.22. The maximum absolute atomic E-state index is 10.7. The molecule has 0 rings (SSSR count). The van der Waals surface area contributed by atoms with Crippen LogP contribution in [0.1, 0.15) is 6.92 Å². The van der Waals surface area contributed by atoms with Gasteiger partial charge in [-0.15, -0.1) is 0 Å². The van der Waals surface area contributed by atoms with Gasteiger partial charge in [-0.25, -0.2) is 0 Å². The predicted molar refractivity (Wildman–Crippen MR) is 37.1 cm³/mol. The zero-order valence-corrected chi connectivity index (χ0v) is 6.90. The molecule has 0 aromatic rings. The molecule has 2 nitrogen and oxygen atoms in total. The SMILES string of the molecule is C[C@H](Br)C(=O)N(C)C. The van der Waals surface area contributed by atoms with Crippen LogP contribution in [0.25, 0.3) is 0 Å². The zero-order valence-electron chi connectivity index (χ0n) is 5.31. The van der Waals surface area contributed by atoms with Gasteiger partial charge in [0.2, 0.25) is 5.91 Å². The van der Waals surface area contributed by atoms with E-state index in [1.165, 1.54) is 0 Å². The summed E-state index contributed by atoms with van der Waals surface area (Å²) in [5.41, 5.74) is 0. The number of carbonyl (C=O) groups is 1. The van der Waals surface area contributed by atoms with E-state index in [0.29, 0.717) is 0 Å². The Bertz CT molecular complexity index is 80.4. The Labute approximate surface area is 58.0 Å². The molecule has 1 amide bonds. The van der Waals surface area contributed by atoms with Crippen molar-refractivity contribution in [3.8, 4) is 0 Å². The molecule has 0 aromatic heterocycles. The second-order valence-electron chi connectivity index (χ2n) is 1.85. The van der Waals surface area contributed by atoms with Gasteiger partial charge in [0.15, 0.2) is 0 Å². The molecule has 0 unspecified atom stereocenters. The van der Waals surface area contributed by atoms with Gasteiger partial charge >= 0.3 is 0 Å². The summed E-state index contributed by atoms with van der Waals surface area (Å²) in [7, 11) is 3.47. The molecule has 0 spiro atoms. The highest BCUT2D eigenvalue weighted by molar-refractivity contribution is 9.10. The third-order valence-electron chi connectivity index (χ3n) is 0.781. The Balaban J connectivity index is 3.65. The third-order valence-corrected chi connectivity index (χ3v) is 1.17. The summed E-state index contributed by atoms with van der Waals surface area (Å²) in [4.78, 5) is 12.2. The lowest BCUT2D eigenvalue weighted by Gasteiger charge is -2.10. The summed E-state index contributed by atoms with van der Waals surface area (Å²) in [5.74, 6) is 0.102. The van der Waals surface area contributed by atoms with Crippen LogP contribution in [-0.2, 0) is 4.79 Å². The van der Waals surface area contributed by atoms with E-state index >= 15 is 0 Å². The van der Waals surface area contributed by atoms with Gasteiger partial charge in [0, 0.05) is 14.1 Å². The van der Waals surface area contributed by atoms with Crippen LogP contribution in [0.4, 0.5) is 0 Å². The van der Waals surface area contributed by atoms with Crippen LogP contribution in [0.5, 0.6) is 0 Å². The number of nitrogens with zero attached hydrogens (tertiary/aromatic N) is 1. The summed E-state index contributed by atoms with van der Waals surface area (Å²) in [6.07, 6.45) is 0. The quantitative estimate of drug-likeness (QED) is 0.548. The topological polar surface area (TPSA) is 20.3 Å². The summed E-state index contributed by atoms with van der Waals surface area (Å²) in [6, 6.07) is 0. The van der Waals surface area contributed by atoms with Crippen LogP contribution in [0.2, 0.25) is 0 Å². The molecule has 0 aliphatic carbocycles. The predicted octanol–water partition coefficient (Wildman–Crippen LogP) is 0.858. The van der Waals surface area contributed by atoms with Crippen molar-refractivity contribution in [3.63, 3.8) is 0 Å². The van der Waals surface area contributed by atoms with Gasteiger partial charge in [0.25, 0.3) is 0 Å². The molecular weight excluding hydrogens is 170 g/mol. The van der Waals surface area contributed by atoms with Crippen molar-refractivity contribution in [2.24, 2.45) is 0 Å². The van der Waals surface area contributed by atoms with Crippen LogP contribution in [-0.4, -0.2) is 29.7 Å². The lowest BCUT2D eigenvalue weighted by Crippen LogP contribution is -2.27. The molecule has 0 N–H and O–H groups in total. The largest absolute Gasteiger partial charge is 0.348 e. The van der Waals surface area contributed by atoms with Crippen molar-refractivity contribution in [2.75, 3.05) is 14.1 Å². The first-order valence-electron chi connectivity index (χ1n) is 2.41. The first-order chi connectivity index (χ1) is 3.55. The molecule has 0 bridgehead atoms. The molecule has 0 saturated carbocycles. The lowest BCUT2D eigenvalue weighted by atomic mass is 10.4. The van der Waals surface area contributed by atoms with Gasteiger partial charge in [0.05, 0.1) is 4.83 Å². The first-order valence-corrected chi connectivity index (χ1v) is 3.32. The molecule has 3 heteroatoms. The minimum atomic E-state index is -0.0579. The van der Waals surface area contributed by atoms with Crippen LogP contribution < -0.4 is 0 Å². The number of carbonyl (C=O) groups excluding carboxylic acids is 1. The fourth-order valence-corrected chi connectivity index (χ4v) is 0.765. The van der Waals surface area contributed by atoms with Crippen molar-refractivity contribution < 1.29 is 4.79 Å². The molecule has 1 atom stereocenters. The fraction of sp³-hybridized carbons (Fsp3) is 0.800. The van der Waals surface area contributed by atoms with Crippen molar-refractivity contribution >= 4 is 21.8 Å². The van der Waals surface area contributed by atoms with Gasteiger partial charge in [0.1, 0.15) is 0 Å². The average molecular weight is 180 g/mol. The number of hydrogen-bond donors (Lipinski definition) is 0. The fourth-order valence-electron chi connectivity index (χ4n) is 0.356. The van der Waals surface area contributed by atoms with E-state index in [0.717, 1.165) is 0 Å². The molecule has 8 heavy (non-hydrogen) atoms. The first kappa shape index (κ1) is 7.95. The van der Waals surface area contributed by atoms with E-state index in [1.54, 1.807) is 19.0 Å². The van der Waals surface area contributed by atoms with Crippen molar-refractivity contribution in [1.82, 2.24) is 4.90 Å². The summed E-state index contributed by atoms with van der Waals surface area (Å²) >= 11 is 3.15. The van der Waals surface area contributed by atoms with E-state index in [-0.39, 0.29) is 10.7 Å². The maximum Gasteiger partial charge on any atom is 0.235 e. The highest BCUT2D eigenvalue weighted by atomic mass is 79.9. The Morgan fingerprint density at radius 3 is 2.00 bits per heavy atom. The van der Waals surface area contributed by atoms with E-state index in [9.17, 15) is 4.79 Å². The summed E-state index contributed by atoms with van der Waals surface area (Å²) < 4.78 is 0. The molecule has 0 aliphatic heterocycles. The number of rotatable bonds is 1. The van der Waals surface area contributed by atoms with Crippen molar-refractivity contribution in [3.05, 3.63) is 0 Å². The van der Waals surface area contributed by atoms with Gasteiger partial charge in [-0.3, -0.25) is 4.79 Å². The Morgan fingerprint density at radius 1 is 1.62 bits per heavy atom. The molecule has 48 valence electrons. The van der Waals surface area contributed by atoms with Crippen LogP contribution in [0.15, 0.2) is 0 Å². The number of halogens is 1. The van der Waals surface area contributed by atoms with Gasteiger partial charge in [-0.1, -0.05) is 15.9 Å². The molecule has 0 saturated heterocycles. The standard InChI is InChI=1S/C5H10BrNO/c1-4(6)5(8)7(2)3/h4H,1-3H3/t4-/m0/s1. The lowest BCUT2D eigenvalue weighted by molar-refractivity contribution is -0.127. The molecular formula is C5H10BrNO. The van der Waals surface area contributed by atoms with E-state index in [4.69, 9.17) is 0 Å². The van der Waals surface area contributed by atoms with Crippen molar-refractivity contribution in [1.29, 1.82) is 0 Å². The number of amides is 1. The molecule has 0 aromatic carbocycles. The van der Waals surface area contributed by atoms with Gasteiger partial charge < -0.3 is 4.90 Å². The minimum Gasteiger partial charge on any atom is -0.348 e. The normalized spacial score (nSPS) is 13.0. The zero-order chi connectivity index (χ0) is 6.73. The van der Waals surface area contributed by atoms with Crippen LogP contribution >= 0.6 is 15.9 Å². The maximum atomic E-state index is 10.7. The van der Waals surface area contributed by atoms with Gasteiger partial charge in [-0.05, 0) is 6.92 Å². The summed E-state index contributed by atoms with van der Waals surface area (Å²) in [5, 5.41) is 0. The van der Waals surface area contributed by atoms with Crippen LogP contribution in [0, 0.1) is 0 Å². The minimum absolute atomic E-state index is 0.0579. The highest BCUT2D eigenvalue weighted by Crippen LogP contribution is 1.99. The van der Waals surface area contributed by atoms with Gasteiger partial charge in [-0.2, -0.15) is 0 Å². The van der Waals surface area contributed by atoms with Crippen LogP contribution in [0.3, 0.4) is 0 Å². The monoisotopic (exact) mass is 179 g/mol. The summed E-state index contributed by atoms with van der Waals surface area (Å²) in [6.45, 7) is 1.81. The Kier molecular flexibility index (Phi) is 3.05. The van der Waals surface area contributed by atoms with Crippen molar-refractivity contribution in [2.45, 2.75) is 11.8 Å². The average Bonchev–Trinajstić information content (AvgIpc) is 1.64. The molecule has 0 aliphatic rings. The van der Waals surface area contributed by atoms with E-state index < -0.39 is 0 Å². The molecule has 0 fully saturated rings. The van der Waals surface area contributed by atoms with E-state index in [1.807, 2.05) is 6.92 Å². The molecule has 0 heterocycles. The number of hydrogen-bond acceptors (Lipinski definition) is 1. The third kappa shape index (κ3) is 2.31. The van der Waals surface area contributed by atoms with E-state index in [2.05, 4.69) is 15.9 Å². The second kappa shape index (κ2) is 3.07. The highest BCUT2D eigenvalue weighted by Gasteiger charge is 2.08. The Hall–Kier alpha value is -0.0500. The molecule has 0 radical (unpaired) electrons. The Morgan fingerprint density at radius 2 is 2.00 bits per heavy atom. The smallest absolute Gasteiger partial charge is 0.235 e. The number of alkyl halides is 1.